The summed E-state index contributed by atoms with van der Waals surface area (Å²) in [6, 6.07) is 0.00322. The summed E-state index contributed by atoms with van der Waals surface area (Å²) >= 11 is 0. The van der Waals surface area contributed by atoms with Gasteiger partial charge in [0.05, 0.1) is 30.6 Å². The van der Waals surface area contributed by atoms with Gasteiger partial charge in [-0.05, 0) is 6.92 Å². The minimum Gasteiger partial charge on any atom is -0.380 e. The van der Waals surface area contributed by atoms with Gasteiger partial charge in [-0.25, -0.2) is 8.42 Å². The number of ether oxygens (including phenoxy) is 1. The van der Waals surface area contributed by atoms with Crippen LogP contribution in [0.5, 0.6) is 0 Å². The summed E-state index contributed by atoms with van der Waals surface area (Å²) in [7, 11) is -2.88. The highest BCUT2D eigenvalue weighted by Gasteiger charge is 2.32. The van der Waals surface area contributed by atoms with Crippen LogP contribution < -0.4 is 0 Å². The first-order chi connectivity index (χ1) is 7.98. The molecule has 0 spiro atoms. The molecular formula is C11H19NO4S. The van der Waals surface area contributed by atoms with Crippen LogP contribution in [-0.2, 0) is 19.4 Å². The Bertz CT molecular complexity index is 392. The highest BCUT2D eigenvalue weighted by atomic mass is 32.2. The SMILES string of the molecule is CC1CS(=O)(=O)CCN1CC1COCCC1=O. The fourth-order valence-electron chi connectivity index (χ4n) is 2.44. The van der Waals surface area contributed by atoms with Crippen LogP contribution in [0.2, 0.25) is 0 Å². The molecule has 17 heavy (non-hydrogen) atoms. The zero-order valence-corrected chi connectivity index (χ0v) is 10.9. The molecule has 2 fully saturated rings. The van der Waals surface area contributed by atoms with E-state index >= 15 is 0 Å². The zero-order valence-electron chi connectivity index (χ0n) is 10.1. The third kappa shape index (κ3) is 3.26. The van der Waals surface area contributed by atoms with Crippen LogP contribution in [-0.4, -0.2) is 63.0 Å². The van der Waals surface area contributed by atoms with Crippen LogP contribution in [0.25, 0.3) is 0 Å². The molecule has 2 rings (SSSR count). The number of Topliss-reactive ketones (excluding diaryl/α,β-unsaturated/α-hetero) is 1. The lowest BCUT2D eigenvalue weighted by atomic mass is 9.99. The number of ketones is 1. The average molecular weight is 261 g/mol. The number of nitrogens with zero attached hydrogens (tertiary/aromatic N) is 1. The molecule has 2 saturated heterocycles. The normalized spacial score (nSPS) is 34.8. The summed E-state index contributed by atoms with van der Waals surface area (Å²) in [5.74, 6) is 0.581. The van der Waals surface area contributed by atoms with Crippen LogP contribution in [0.4, 0.5) is 0 Å². The maximum absolute atomic E-state index is 11.7. The third-order valence-corrected chi connectivity index (χ3v) is 5.32. The van der Waals surface area contributed by atoms with Crippen molar-refractivity contribution >= 4 is 15.6 Å². The van der Waals surface area contributed by atoms with Crippen molar-refractivity contribution in [1.29, 1.82) is 0 Å². The van der Waals surface area contributed by atoms with Gasteiger partial charge in [-0.15, -0.1) is 0 Å². The van der Waals surface area contributed by atoms with Crippen LogP contribution in [0.1, 0.15) is 13.3 Å². The first kappa shape index (κ1) is 13.0. The Kier molecular flexibility index (Phi) is 3.85. The zero-order chi connectivity index (χ0) is 12.5. The number of sulfone groups is 1. The molecule has 0 saturated carbocycles. The Morgan fingerprint density at radius 2 is 2.24 bits per heavy atom. The van der Waals surface area contributed by atoms with Crippen LogP contribution in [0.15, 0.2) is 0 Å². The Balaban J connectivity index is 1.93. The lowest BCUT2D eigenvalue weighted by Crippen LogP contribution is -2.50. The lowest BCUT2D eigenvalue weighted by molar-refractivity contribution is -0.131. The molecule has 98 valence electrons. The van der Waals surface area contributed by atoms with Gasteiger partial charge in [-0.1, -0.05) is 0 Å². The fraction of sp³-hybridized carbons (Fsp3) is 0.909. The van der Waals surface area contributed by atoms with E-state index in [1.165, 1.54) is 0 Å². The van der Waals surface area contributed by atoms with Crippen LogP contribution in [0.3, 0.4) is 0 Å². The molecule has 0 bridgehead atoms. The van der Waals surface area contributed by atoms with Crippen molar-refractivity contribution in [2.75, 3.05) is 37.8 Å². The van der Waals surface area contributed by atoms with E-state index in [9.17, 15) is 13.2 Å². The van der Waals surface area contributed by atoms with Gasteiger partial charge in [-0.2, -0.15) is 0 Å². The van der Waals surface area contributed by atoms with Crippen molar-refractivity contribution < 1.29 is 17.9 Å². The largest absolute Gasteiger partial charge is 0.380 e. The first-order valence-electron chi connectivity index (χ1n) is 6.03. The Morgan fingerprint density at radius 3 is 2.88 bits per heavy atom. The molecule has 2 aliphatic heterocycles. The fourth-order valence-corrected chi connectivity index (χ4v) is 4.06. The van der Waals surface area contributed by atoms with E-state index in [0.29, 0.717) is 32.7 Å². The molecule has 0 aromatic heterocycles. The van der Waals surface area contributed by atoms with Crippen molar-refractivity contribution in [3.8, 4) is 0 Å². The number of carbonyl (C=O) groups excluding carboxylic acids is 1. The topological polar surface area (TPSA) is 63.7 Å². The molecule has 2 atom stereocenters. The van der Waals surface area contributed by atoms with E-state index in [0.717, 1.165) is 0 Å². The molecule has 0 aliphatic carbocycles. The summed E-state index contributed by atoms with van der Waals surface area (Å²) in [5, 5.41) is 0. The second-order valence-electron chi connectivity index (χ2n) is 4.95. The van der Waals surface area contributed by atoms with E-state index in [2.05, 4.69) is 4.90 Å². The number of rotatable bonds is 2. The summed E-state index contributed by atoms with van der Waals surface area (Å²) in [4.78, 5) is 13.8. The maximum atomic E-state index is 11.7. The molecule has 5 nitrogen and oxygen atoms in total. The number of hydrogen-bond acceptors (Lipinski definition) is 5. The van der Waals surface area contributed by atoms with Crippen LogP contribution >= 0.6 is 0 Å². The van der Waals surface area contributed by atoms with Gasteiger partial charge in [0, 0.05) is 25.6 Å². The molecule has 6 heteroatoms. The van der Waals surface area contributed by atoms with Crippen molar-refractivity contribution in [2.45, 2.75) is 19.4 Å². The van der Waals surface area contributed by atoms with E-state index in [1.807, 2.05) is 6.92 Å². The van der Waals surface area contributed by atoms with Gasteiger partial charge < -0.3 is 4.74 Å². The van der Waals surface area contributed by atoms with Gasteiger partial charge >= 0.3 is 0 Å². The van der Waals surface area contributed by atoms with E-state index in [4.69, 9.17) is 4.74 Å². The summed E-state index contributed by atoms with van der Waals surface area (Å²) in [6.07, 6.45) is 0.491. The van der Waals surface area contributed by atoms with Crippen molar-refractivity contribution in [1.82, 2.24) is 4.90 Å². The lowest BCUT2D eigenvalue weighted by Gasteiger charge is -2.36. The first-order valence-corrected chi connectivity index (χ1v) is 7.85. The second kappa shape index (κ2) is 5.04. The predicted molar refractivity (Wildman–Crippen MR) is 63.6 cm³/mol. The molecule has 2 heterocycles. The summed E-state index contributed by atoms with van der Waals surface area (Å²) in [6.45, 7) is 4.09. The smallest absolute Gasteiger partial charge is 0.153 e. The number of carbonyl (C=O) groups is 1. The van der Waals surface area contributed by atoms with Gasteiger partial charge in [0.15, 0.2) is 9.84 Å². The molecule has 0 aromatic rings. The van der Waals surface area contributed by atoms with E-state index in [1.54, 1.807) is 0 Å². The monoisotopic (exact) mass is 261 g/mol. The molecule has 2 unspecified atom stereocenters. The Morgan fingerprint density at radius 1 is 1.47 bits per heavy atom. The maximum Gasteiger partial charge on any atom is 0.153 e. The highest BCUT2D eigenvalue weighted by molar-refractivity contribution is 7.91. The Labute approximate surface area is 102 Å². The standard InChI is InChI=1S/C11H19NO4S/c1-9-8-17(14,15)5-3-12(9)6-10-7-16-4-2-11(10)13/h9-10H,2-8H2,1H3. The predicted octanol–water partition coefficient (Wildman–Crippen LogP) is -0.289. The molecule has 0 aromatic carbocycles. The highest BCUT2D eigenvalue weighted by Crippen LogP contribution is 2.17. The van der Waals surface area contributed by atoms with Crippen LogP contribution in [0, 0.1) is 5.92 Å². The molecule has 2 aliphatic rings. The van der Waals surface area contributed by atoms with Gasteiger partial charge in [0.2, 0.25) is 0 Å². The second-order valence-corrected chi connectivity index (χ2v) is 7.18. The van der Waals surface area contributed by atoms with Gasteiger partial charge in [-0.3, -0.25) is 9.69 Å². The van der Waals surface area contributed by atoms with Crippen molar-refractivity contribution in [3.05, 3.63) is 0 Å². The molecule has 0 amide bonds. The summed E-state index contributed by atoms with van der Waals surface area (Å²) in [5.41, 5.74) is 0. The van der Waals surface area contributed by atoms with Crippen molar-refractivity contribution in [3.63, 3.8) is 0 Å². The minimum absolute atomic E-state index is 0.00322. The molecule has 0 N–H and O–H groups in total. The third-order valence-electron chi connectivity index (χ3n) is 3.53. The summed E-state index contributed by atoms with van der Waals surface area (Å²) < 4.78 is 28.2. The van der Waals surface area contributed by atoms with E-state index < -0.39 is 9.84 Å². The van der Waals surface area contributed by atoms with Crippen molar-refractivity contribution in [2.24, 2.45) is 5.92 Å². The quantitative estimate of drug-likeness (QED) is 0.683. The minimum atomic E-state index is -2.88. The van der Waals surface area contributed by atoms with Gasteiger partial charge in [0.25, 0.3) is 0 Å². The molecular weight excluding hydrogens is 242 g/mol. The Hall–Kier alpha value is -0.460. The molecule has 0 radical (unpaired) electrons. The average Bonchev–Trinajstić information content (AvgIpc) is 2.24. The number of hydrogen-bond donors (Lipinski definition) is 0. The van der Waals surface area contributed by atoms with Gasteiger partial charge in [0.1, 0.15) is 5.78 Å². The van der Waals surface area contributed by atoms with E-state index in [-0.39, 0.29) is 29.2 Å².